The van der Waals surface area contributed by atoms with Gasteiger partial charge in [0.15, 0.2) is 5.79 Å². The van der Waals surface area contributed by atoms with Gasteiger partial charge in [0, 0.05) is 43.9 Å². The van der Waals surface area contributed by atoms with E-state index in [1.165, 1.54) is 70.6 Å². The molecule has 8 nitrogen and oxygen atoms in total. The first kappa shape index (κ1) is 37.3. The van der Waals surface area contributed by atoms with Crippen molar-refractivity contribution < 1.29 is 23.9 Å². The predicted molar refractivity (Wildman–Crippen MR) is 174 cm³/mol. The highest BCUT2D eigenvalue weighted by atomic mass is 16.7. The lowest BCUT2D eigenvalue weighted by Crippen LogP contribution is -2.56. The minimum absolute atomic E-state index is 0.0628. The van der Waals surface area contributed by atoms with Crippen LogP contribution >= 0.6 is 0 Å². The fourth-order valence-electron chi connectivity index (χ4n) is 5.90. The summed E-state index contributed by atoms with van der Waals surface area (Å²) in [5, 5.41) is 5.82. The van der Waals surface area contributed by atoms with Crippen LogP contribution in [0, 0.1) is 5.41 Å². The Labute approximate surface area is 262 Å². The molecule has 0 aliphatic carbocycles. The van der Waals surface area contributed by atoms with E-state index in [9.17, 15) is 14.4 Å². The van der Waals surface area contributed by atoms with Crippen LogP contribution in [0.25, 0.3) is 0 Å². The van der Waals surface area contributed by atoms with Gasteiger partial charge in [0.2, 0.25) is 17.7 Å². The van der Waals surface area contributed by atoms with Crippen LogP contribution in [-0.2, 0) is 23.9 Å². The first-order valence-electron chi connectivity index (χ1n) is 17.4. The summed E-state index contributed by atoms with van der Waals surface area (Å²) in [6, 6.07) is 0.0628. The predicted octanol–water partition coefficient (Wildman–Crippen LogP) is 6.82. The largest absolute Gasteiger partial charge is 0.354 e. The summed E-state index contributed by atoms with van der Waals surface area (Å²) in [7, 11) is 0. The fourth-order valence-corrected chi connectivity index (χ4v) is 5.90. The van der Waals surface area contributed by atoms with E-state index in [2.05, 4.69) is 29.7 Å². The minimum atomic E-state index is -0.816. The third-order valence-electron chi connectivity index (χ3n) is 8.68. The number of nitrogens with one attached hydrogen (secondary N) is 2. The summed E-state index contributed by atoms with van der Waals surface area (Å²) >= 11 is 0. The Bertz CT molecular complexity index is 856. The molecule has 2 atom stereocenters. The van der Waals surface area contributed by atoms with Gasteiger partial charge in [-0.2, -0.15) is 0 Å². The zero-order valence-corrected chi connectivity index (χ0v) is 28.1. The number of amides is 3. The van der Waals surface area contributed by atoms with Crippen molar-refractivity contribution in [1.82, 2.24) is 15.5 Å². The van der Waals surface area contributed by atoms with Crippen molar-refractivity contribution >= 4 is 17.7 Å². The Kier molecular flexibility index (Phi) is 17.5. The highest BCUT2D eigenvalue weighted by molar-refractivity contribution is 5.83. The van der Waals surface area contributed by atoms with Crippen LogP contribution in [0.2, 0.25) is 0 Å². The number of allylic oxidation sites excluding steroid dienone is 2. The van der Waals surface area contributed by atoms with E-state index in [1.54, 1.807) is 13.8 Å². The van der Waals surface area contributed by atoms with Gasteiger partial charge in [-0.25, -0.2) is 0 Å². The molecule has 2 rings (SSSR count). The Balaban J connectivity index is 1.51. The highest BCUT2D eigenvalue weighted by Gasteiger charge is 2.45. The number of rotatable bonds is 21. The molecule has 8 heteroatoms. The van der Waals surface area contributed by atoms with Crippen molar-refractivity contribution in [3.8, 4) is 0 Å². The maximum Gasteiger partial charge on any atom is 0.249 e. The summed E-state index contributed by atoms with van der Waals surface area (Å²) in [5.74, 6) is -0.950. The highest BCUT2D eigenvalue weighted by Crippen LogP contribution is 2.34. The summed E-state index contributed by atoms with van der Waals surface area (Å²) < 4.78 is 11.5. The molecule has 2 aliphatic heterocycles. The van der Waals surface area contributed by atoms with E-state index in [0.717, 1.165) is 32.2 Å². The molecule has 0 saturated carbocycles. The molecule has 43 heavy (non-hydrogen) atoms. The molecule has 2 fully saturated rings. The second-order valence-corrected chi connectivity index (χ2v) is 13.7. The summed E-state index contributed by atoms with van der Waals surface area (Å²) in [4.78, 5) is 40.0. The summed E-state index contributed by atoms with van der Waals surface area (Å²) in [6.45, 7) is 11.6. The first-order chi connectivity index (χ1) is 20.6. The molecule has 2 aliphatic rings. The summed E-state index contributed by atoms with van der Waals surface area (Å²) in [6.07, 6.45) is 23.0. The maximum absolute atomic E-state index is 12.9. The molecule has 2 heterocycles. The standard InChI is InChI=1S/C35H63N3O5/c1-6-7-8-9-10-11-12-13-14-15-16-17-18-19-20-23-31(40)38-26-21-22-29(38)27-37-30(39)24-25-36-33(41)32-34(2,3)28-42-35(4,5)43-32/h13-14,29,32H,6-12,15-28H2,1-5H3,(H,36,41)(H,37,39)/b14-13-/t29-,32?/m1/s1. The van der Waals surface area contributed by atoms with Crippen LogP contribution in [0.5, 0.6) is 0 Å². The molecule has 2 N–H and O–H groups in total. The van der Waals surface area contributed by atoms with Crippen molar-refractivity contribution in [1.29, 1.82) is 0 Å². The smallest absolute Gasteiger partial charge is 0.249 e. The molecule has 2 saturated heterocycles. The van der Waals surface area contributed by atoms with Gasteiger partial charge >= 0.3 is 0 Å². The lowest BCUT2D eigenvalue weighted by molar-refractivity contribution is -0.304. The minimum Gasteiger partial charge on any atom is -0.354 e. The number of hydrogen-bond acceptors (Lipinski definition) is 5. The Morgan fingerprint density at radius 2 is 1.47 bits per heavy atom. The monoisotopic (exact) mass is 605 g/mol. The van der Waals surface area contributed by atoms with Gasteiger partial charge in [-0.1, -0.05) is 84.3 Å². The molecule has 0 aromatic heterocycles. The molecular formula is C35H63N3O5. The number of likely N-dealkylation sites (tertiary alicyclic amines) is 1. The molecule has 0 radical (unpaired) electrons. The van der Waals surface area contributed by atoms with Crippen molar-refractivity contribution in [3.63, 3.8) is 0 Å². The third kappa shape index (κ3) is 15.1. The van der Waals surface area contributed by atoms with Crippen LogP contribution < -0.4 is 10.6 Å². The van der Waals surface area contributed by atoms with E-state index in [-0.39, 0.29) is 36.7 Å². The maximum atomic E-state index is 12.9. The first-order valence-corrected chi connectivity index (χ1v) is 17.4. The van der Waals surface area contributed by atoms with Crippen LogP contribution in [0.15, 0.2) is 12.2 Å². The average Bonchev–Trinajstić information content (AvgIpc) is 3.44. The molecule has 0 aromatic carbocycles. The summed E-state index contributed by atoms with van der Waals surface area (Å²) in [5.41, 5.74) is -0.454. The number of hydrogen-bond donors (Lipinski definition) is 2. The SMILES string of the molecule is CCCCCCCC/C=C\CCCCCCCC(=O)N1CCC[C@@H]1CNC(=O)CCNC(=O)C1OC(C)(C)OCC1(C)C. The number of carbonyl (C=O) groups is 3. The van der Waals surface area contributed by atoms with Crippen molar-refractivity contribution in [2.24, 2.45) is 5.41 Å². The molecule has 0 spiro atoms. The number of unbranched alkanes of at least 4 members (excludes halogenated alkanes) is 11. The number of nitrogens with zero attached hydrogens (tertiary/aromatic N) is 1. The van der Waals surface area contributed by atoms with Crippen LogP contribution in [0.3, 0.4) is 0 Å². The van der Waals surface area contributed by atoms with E-state index in [4.69, 9.17) is 9.47 Å². The van der Waals surface area contributed by atoms with Gasteiger partial charge in [0.1, 0.15) is 6.10 Å². The number of ether oxygens (including phenoxy) is 2. The molecule has 248 valence electrons. The second kappa shape index (κ2) is 20.2. The lowest BCUT2D eigenvalue weighted by Gasteiger charge is -2.44. The van der Waals surface area contributed by atoms with E-state index in [0.29, 0.717) is 19.6 Å². The van der Waals surface area contributed by atoms with E-state index >= 15 is 0 Å². The Morgan fingerprint density at radius 1 is 0.837 bits per heavy atom. The van der Waals surface area contributed by atoms with Gasteiger partial charge in [-0.15, -0.1) is 0 Å². The van der Waals surface area contributed by atoms with Crippen LogP contribution in [0.4, 0.5) is 0 Å². The second-order valence-electron chi connectivity index (χ2n) is 13.7. The van der Waals surface area contributed by atoms with Crippen molar-refractivity contribution in [3.05, 3.63) is 12.2 Å². The van der Waals surface area contributed by atoms with Gasteiger partial charge in [-0.3, -0.25) is 14.4 Å². The van der Waals surface area contributed by atoms with Crippen LogP contribution in [-0.4, -0.2) is 66.8 Å². The Hall–Kier alpha value is -1.93. The third-order valence-corrected chi connectivity index (χ3v) is 8.68. The van der Waals surface area contributed by atoms with E-state index in [1.807, 2.05) is 18.7 Å². The Morgan fingerprint density at radius 3 is 2.14 bits per heavy atom. The van der Waals surface area contributed by atoms with Gasteiger partial charge in [0.25, 0.3) is 0 Å². The molecule has 0 bridgehead atoms. The normalized spacial score (nSPS) is 21.3. The zero-order chi connectivity index (χ0) is 31.6. The van der Waals surface area contributed by atoms with E-state index < -0.39 is 17.3 Å². The van der Waals surface area contributed by atoms with Crippen molar-refractivity contribution in [2.75, 3.05) is 26.2 Å². The molecule has 0 aromatic rings. The van der Waals surface area contributed by atoms with Gasteiger partial charge in [0.05, 0.1) is 6.61 Å². The molecule has 1 unspecified atom stereocenters. The average molecular weight is 606 g/mol. The topological polar surface area (TPSA) is 97.0 Å². The number of carbonyl (C=O) groups excluding carboxylic acids is 3. The molecular weight excluding hydrogens is 542 g/mol. The zero-order valence-electron chi connectivity index (χ0n) is 28.1. The molecule has 3 amide bonds. The van der Waals surface area contributed by atoms with Crippen molar-refractivity contribution in [2.45, 2.75) is 162 Å². The van der Waals surface area contributed by atoms with Crippen LogP contribution in [0.1, 0.15) is 144 Å². The fraction of sp³-hybridized carbons (Fsp3) is 0.857. The van der Waals surface area contributed by atoms with Gasteiger partial charge < -0.3 is 25.0 Å². The lowest BCUT2D eigenvalue weighted by atomic mass is 9.85. The van der Waals surface area contributed by atoms with Gasteiger partial charge in [-0.05, 0) is 58.8 Å². The quantitative estimate of drug-likeness (QED) is 0.111.